The largest absolute Gasteiger partial charge is 0.469 e. The Labute approximate surface area is 84.1 Å². The van der Waals surface area contributed by atoms with E-state index in [0.717, 1.165) is 6.42 Å². The summed E-state index contributed by atoms with van der Waals surface area (Å²) in [6, 6.07) is 0. The predicted molar refractivity (Wildman–Crippen MR) is 52.7 cm³/mol. The van der Waals surface area contributed by atoms with Crippen molar-refractivity contribution in [2.24, 2.45) is 11.3 Å². The molecule has 1 aliphatic carbocycles. The zero-order valence-electron chi connectivity index (χ0n) is 8.87. The van der Waals surface area contributed by atoms with Gasteiger partial charge in [-0.05, 0) is 32.3 Å². The monoisotopic (exact) mass is 196 g/mol. The first-order chi connectivity index (χ1) is 6.48. The molecule has 0 aromatic carbocycles. The first-order valence-corrected chi connectivity index (χ1v) is 4.78. The van der Waals surface area contributed by atoms with Crippen molar-refractivity contribution in [3.8, 4) is 0 Å². The molecule has 0 saturated carbocycles. The van der Waals surface area contributed by atoms with Crippen LogP contribution in [0.4, 0.5) is 0 Å². The molecule has 0 fully saturated rings. The minimum Gasteiger partial charge on any atom is -0.469 e. The lowest BCUT2D eigenvalue weighted by molar-refractivity contribution is -0.153. The highest BCUT2D eigenvalue weighted by molar-refractivity contribution is 5.90. The predicted octanol–water partition coefficient (Wildman–Crippen LogP) is 1.72. The molecule has 1 unspecified atom stereocenters. The van der Waals surface area contributed by atoms with Gasteiger partial charge in [0.2, 0.25) is 0 Å². The van der Waals surface area contributed by atoms with Crippen molar-refractivity contribution in [3.05, 3.63) is 12.2 Å². The van der Waals surface area contributed by atoms with Crippen molar-refractivity contribution in [1.82, 2.24) is 0 Å². The van der Waals surface area contributed by atoms with Crippen LogP contribution in [0.1, 0.15) is 26.7 Å². The van der Waals surface area contributed by atoms with E-state index in [2.05, 4.69) is 0 Å². The molecule has 0 spiro atoms. The lowest BCUT2D eigenvalue weighted by Crippen LogP contribution is -2.34. The number of rotatable bonds is 2. The van der Waals surface area contributed by atoms with E-state index in [1.54, 1.807) is 6.08 Å². The van der Waals surface area contributed by atoms with Gasteiger partial charge in [0, 0.05) is 6.42 Å². The second-order valence-electron chi connectivity index (χ2n) is 4.18. The van der Waals surface area contributed by atoms with E-state index in [-0.39, 0.29) is 17.7 Å². The molecule has 0 aromatic heterocycles. The van der Waals surface area contributed by atoms with E-state index in [1.165, 1.54) is 7.11 Å². The Morgan fingerprint density at radius 2 is 2.21 bits per heavy atom. The van der Waals surface area contributed by atoms with E-state index >= 15 is 0 Å². The van der Waals surface area contributed by atoms with Gasteiger partial charge in [0.05, 0.1) is 12.5 Å². The SMILES string of the molecule is COC(=O)C(C)(C)C1C=CC(=O)CC1. The highest BCUT2D eigenvalue weighted by Gasteiger charge is 2.37. The average Bonchev–Trinajstić information content (AvgIpc) is 2.17. The van der Waals surface area contributed by atoms with Crippen LogP contribution in [0.3, 0.4) is 0 Å². The quantitative estimate of drug-likeness (QED) is 0.631. The van der Waals surface area contributed by atoms with E-state index in [9.17, 15) is 9.59 Å². The van der Waals surface area contributed by atoms with Gasteiger partial charge in [0.1, 0.15) is 0 Å². The number of ketones is 1. The number of carbonyl (C=O) groups is 2. The molecule has 0 heterocycles. The number of ether oxygens (including phenoxy) is 1. The van der Waals surface area contributed by atoms with Gasteiger partial charge in [0.15, 0.2) is 5.78 Å². The van der Waals surface area contributed by atoms with Crippen molar-refractivity contribution in [3.63, 3.8) is 0 Å². The summed E-state index contributed by atoms with van der Waals surface area (Å²) in [5, 5.41) is 0. The molecular formula is C11H16O3. The van der Waals surface area contributed by atoms with Crippen LogP contribution in [-0.2, 0) is 14.3 Å². The number of esters is 1. The Hall–Kier alpha value is -1.12. The highest BCUT2D eigenvalue weighted by atomic mass is 16.5. The number of carbonyl (C=O) groups excluding carboxylic acids is 2. The first-order valence-electron chi connectivity index (χ1n) is 4.78. The second kappa shape index (κ2) is 3.95. The van der Waals surface area contributed by atoms with Crippen LogP contribution < -0.4 is 0 Å². The molecule has 3 heteroatoms. The van der Waals surface area contributed by atoms with Gasteiger partial charge in [-0.1, -0.05) is 6.08 Å². The van der Waals surface area contributed by atoms with Crippen molar-refractivity contribution in [1.29, 1.82) is 0 Å². The Balaban J connectivity index is 2.78. The maximum Gasteiger partial charge on any atom is 0.311 e. The lowest BCUT2D eigenvalue weighted by atomic mass is 9.74. The third kappa shape index (κ3) is 2.03. The van der Waals surface area contributed by atoms with Crippen molar-refractivity contribution in [2.45, 2.75) is 26.7 Å². The minimum atomic E-state index is -0.536. The fourth-order valence-electron chi connectivity index (χ4n) is 1.72. The molecule has 1 aliphatic rings. The molecule has 0 radical (unpaired) electrons. The van der Waals surface area contributed by atoms with Crippen molar-refractivity contribution >= 4 is 11.8 Å². The normalized spacial score (nSPS) is 22.2. The molecule has 0 amide bonds. The van der Waals surface area contributed by atoms with E-state index in [1.807, 2.05) is 19.9 Å². The van der Waals surface area contributed by atoms with Crippen LogP contribution in [0.25, 0.3) is 0 Å². The van der Waals surface area contributed by atoms with Crippen LogP contribution in [-0.4, -0.2) is 18.9 Å². The fourth-order valence-corrected chi connectivity index (χ4v) is 1.72. The van der Waals surface area contributed by atoms with Crippen LogP contribution in [0.15, 0.2) is 12.2 Å². The molecule has 1 atom stereocenters. The van der Waals surface area contributed by atoms with Crippen LogP contribution in [0, 0.1) is 11.3 Å². The Morgan fingerprint density at radius 1 is 1.57 bits per heavy atom. The molecule has 3 nitrogen and oxygen atoms in total. The fraction of sp³-hybridized carbons (Fsp3) is 0.636. The van der Waals surface area contributed by atoms with E-state index in [4.69, 9.17) is 4.74 Å². The van der Waals surface area contributed by atoms with E-state index in [0.29, 0.717) is 6.42 Å². The standard InChI is InChI=1S/C11H16O3/c1-11(2,10(13)14-3)8-4-6-9(12)7-5-8/h4,6,8H,5,7H2,1-3H3. The summed E-state index contributed by atoms with van der Waals surface area (Å²) < 4.78 is 4.74. The Bertz CT molecular complexity index is 276. The zero-order chi connectivity index (χ0) is 10.8. The van der Waals surface area contributed by atoms with Gasteiger partial charge in [-0.15, -0.1) is 0 Å². The lowest BCUT2D eigenvalue weighted by Gasteiger charge is -2.30. The molecule has 78 valence electrons. The first kappa shape index (κ1) is 11.0. The summed E-state index contributed by atoms with van der Waals surface area (Å²) in [6.07, 6.45) is 4.65. The van der Waals surface area contributed by atoms with Gasteiger partial charge in [-0.2, -0.15) is 0 Å². The molecule has 0 aliphatic heterocycles. The van der Waals surface area contributed by atoms with Gasteiger partial charge < -0.3 is 4.74 Å². The van der Waals surface area contributed by atoms with E-state index < -0.39 is 5.41 Å². The van der Waals surface area contributed by atoms with Crippen molar-refractivity contribution in [2.75, 3.05) is 7.11 Å². The Kier molecular flexibility index (Phi) is 3.09. The summed E-state index contributed by atoms with van der Waals surface area (Å²) in [4.78, 5) is 22.4. The van der Waals surface area contributed by atoms with Crippen LogP contribution in [0.2, 0.25) is 0 Å². The second-order valence-corrected chi connectivity index (χ2v) is 4.18. The minimum absolute atomic E-state index is 0.104. The smallest absolute Gasteiger partial charge is 0.311 e. The molecule has 0 bridgehead atoms. The highest BCUT2D eigenvalue weighted by Crippen LogP contribution is 2.34. The molecule has 0 saturated heterocycles. The topological polar surface area (TPSA) is 43.4 Å². The number of allylic oxidation sites excluding steroid dienone is 2. The molecule has 1 rings (SSSR count). The maximum atomic E-state index is 11.5. The summed E-state index contributed by atoms with van der Waals surface area (Å²) in [7, 11) is 1.39. The van der Waals surface area contributed by atoms with Gasteiger partial charge >= 0.3 is 5.97 Å². The summed E-state index contributed by atoms with van der Waals surface area (Å²) >= 11 is 0. The Morgan fingerprint density at radius 3 is 2.64 bits per heavy atom. The van der Waals surface area contributed by atoms with Crippen molar-refractivity contribution < 1.29 is 14.3 Å². The average molecular weight is 196 g/mol. The molecule has 0 aromatic rings. The van der Waals surface area contributed by atoms with Gasteiger partial charge in [0.25, 0.3) is 0 Å². The third-order valence-electron chi connectivity index (χ3n) is 2.85. The maximum absolute atomic E-state index is 11.5. The summed E-state index contributed by atoms with van der Waals surface area (Å²) in [5.74, 6) is 0.0241. The summed E-state index contributed by atoms with van der Waals surface area (Å²) in [5.41, 5.74) is -0.536. The van der Waals surface area contributed by atoms with Gasteiger partial charge in [-0.25, -0.2) is 0 Å². The summed E-state index contributed by atoms with van der Waals surface area (Å²) in [6.45, 7) is 3.70. The zero-order valence-corrected chi connectivity index (χ0v) is 8.87. The number of methoxy groups -OCH3 is 1. The van der Waals surface area contributed by atoms with Gasteiger partial charge in [-0.3, -0.25) is 9.59 Å². The molecule has 0 N–H and O–H groups in total. The van der Waals surface area contributed by atoms with Crippen LogP contribution >= 0.6 is 0 Å². The number of hydrogen-bond acceptors (Lipinski definition) is 3. The van der Waals surface area contributed by atoms with Crippen LogP contribution in [0.5, 0.6) is 0 Å². The molecule has 14 heavy (non-hydrogen) atoms. The molecular weight excluding hydrogens is 180 g/mol. The third-order valence-corrected chi connectivity index (χ3v) is 2.85. The number of hydrogen-bond donors (Lipinski definition) is 0.